The molecular formula is C22H28N2O. The van der Waals surface area contributed by atoms with Crippen LogP contribution in [-0.2, 0) is 19.4 Å². The maximum Gasteiger partial charge on any atom is 0.106 e. The lowest BCUT2D eigenvalue weighted by atomic mass is 9.85. The van der Waals surface area contributed by atoms with E-state index in [-0.39, 0.29) is 6.54 Å². The monoisotopic (exact) mass is 336 g/mol. The van der Waals surface area contributed by atoms with Gasteiger partial charge < -0.3 is 4.90 Å². The van der Waals surface area contributed by atoms with Crippen molar-refractivity contribution < 1.29 is 0 Å². The molecular weight excluding hydrogens is 308 g/mol. The second kappa shape index (κ2) is 9.47. The Bertz CT molecular complexity index is 652. The average molecular weight is 336 g/mol. The van der Waals surface area contributed by atoms with Gasteiger partial charge in [-0.1, -0.05) is 66.2 Å². The average Bonchev–Trinajstić information content (AvgIpc) is 2.61. The molecule has 3 nitrogen and oxygen atoms in total. The first-order valence-corrected chi connectivity index (χ1v) is 9.46. The van der Waals surface area contributed by atoms with Gasteiger partial charge in [0.05, 0.1) is 0 Å². The third-order valence-electron chi connectivity index (χ3n) is 5.26. The smallest absolute Gasteiger partial charge is 0.106 e. The first-order valence-electron chi connectivity index (χ1n) is 9.46. The number of hydrogen-bond acceptors (Lipinski definition) is 3. The van der Waals surface area contributed by atoms with Gasteiger partial charge in [0, 0.05) is 19.6 Å². The molecule has 1 aliphatic rings. The molecule has 1 fully saturated rings. The van der Waals surface area contributed by atoms with E-state index in [0.29, 0.717) is 0 Å². The van der Waals surface area contributed by atoms with Gasteiger partial charge >= 0.3 is 0 Å². The number of benzene rings is 2. The molecule has 0 aromatic heterocycles. The first-order chi connectivity index (χ1) is 12.3. The molecule has 3 heteroatoms. The van der Waals surface area contributed by atoms with Crippen molar-refractivity contribution in [3.8, 4) is 0 Å². The molecule has 3 rings (SSSR count). The zero-order valence-electron chi connectivity index (χ0n) is 14.9. The summed E-state index contributed by atoms with van der Waals surface area (Å²) in [4.78, 5) is 13.1. The zero-order chi connectivity index (χ0) is 17.3. The Morgan fingerprint density at radius 3 is 2.24 bits per heavy atom. The minimum Gasteiger partial charge on any atom is -0.302 e. The second-order valence-corrected chi connectivity index (χ2v) is 7.19. The van der Waals surface area contributed by atoms with Crippen LogP contribution < -0.4 is 0 Å². The molecule has 2 aromatic carbocycles. The van der Waals surface area contributed by atoms with Crippen LogP contribution in [0.2, 0.25) is 0 Å². The van der Waals surface area contributed by atoms with Crippen LogP contribution in [0.3, 0.4) is 0 Å². The lowest BCUT2D eigenvalue weighted by Crippen LogP contribution is -2.35. The summed E-state index contributed by atoms with van der Waals surface area (Å²) in [7, 11) is 0. The lowest BCUT2D eigenvalue weighted by Gasteiger charge is -2.32. The summed E-state index contributed by atoms with van der Waals surface area (Å²) in [5.74, 6) is 0.890. The Morgan fingerprint density at radius 1 is 0.880 bits per heavy atom. The van der Waals surface area contributed by atoms with Crippen LogP contribution in [0.25, 0.3) is 0 Å². The third kappa shape index (κ3) is 5.79. The molecule has 0 aliphatic heterocycles. The number of nitrogens with zero attached hydrogens (tertiary/aromatic N) is 2. The Balaban J connectivity index is 1.55. The van der Waals surface area contributed by atoms with Gasteiger partial charge in [0.2, 0.25) is 0 Å². The molecule has 0 amide bonds. The standard InChI is InChI=1S/C22H28N2O/c25-23-17-22-11-4-8-20(16-22)13-15-24(18-21-9-5-10-21)14-12-19-6-2-1-3-7-19/h1-4,6-8,11,16,21H,5,9-10,12-15,17-18H2. The van der Waals surface area contributed by atoms with E-state index < -0.39 is 0 Å². The van der Waals surface area contributed by atoms with Gasteiger partial charge in [0.25, 0.3) is 0 Å². The third-order valence-corrected chi connectivity index (χ3v) is 5.26. The van der Waals surface area contributed by atoms with Gasteiger partial charge in [0.15, 0.2) is 0 Å². The molecule has 0 bridgehead atoms. The molecule has 0 N–H and O–H groups in total. The van der Waals surface area contributed by atoms with Gasteiger partial charge in [-0.25, -0.2) is 0 Å². The molecule has 1 saturated carbocycles. The van der Waals surface area contributed by atoms with E-state index in [2.05, 4.69) is 52.5 Å². The maximum atomic E-state index is 10.5. The molecule has 0 saturated heterocycles. The fourth-order valence-corrected chi connectivity index (χ4v) is 3.51. The van der Waals surface area contributed by atoms with Crippen molar-refractivity contribution in [1.82, 2.24) is 4.90 Å². The number of nitroso groups, excluding NO2 is 1. The Kier molecular flexibility index (Phi) is 6.75. The van der Waals surface area contributed by atoms with Crippen LogP contribution in [0, 0.1) is 10.8 Å². The highest BCUT2D eigenvalue weighted by atomic mass is 16.3. The second-order valence-electron chi connectivity index (χ2n) is 7.19. The highest BCUT2D eigenvalue weighted by molar-refractivity contribution is 5.23. The molecule has 0 radical (unpaired) electrons. The predicted octanol–water partition coefficient (Wildman–Crippen LogP) is 4.84. The Morgan fingerprint density at radius 2 is 1.56 bits per heavy atom. The summed E-state index contributed by atoms with van der Waals surface area (Å²) in [5, 5.41) is 3.00. The van der Waals surface area contributed by atoms with E-state index in [1.54, 1.807) is 0 Å². The molecule has 0 unspecified atom stereocenters. The molecule has 0 spiro atoms. The fourth-order valence-electron chi connectivity index (χ4n) is 3.51. The molecule has 132 valence electrons. The van der Waals surface area contributed by atoms with Crippen LogP contribution in [0.1, 0.15) is 36.0 Å². The topological polar surface area (TPSA) is 32.7 Å². The van der Waals surface area contributed by atoms with E-state index in [1.807, 2.05) is 12.1 Å². The van der Waals surface area contributed by atoms with Gasteiger partial charge in [-0.2, -0.15) is 4.91 Å². The van der Waals surface area contributed by atoms with Crippen molar-refractivity contribution in [1.29, 1.82) is 0 Å². The van der Waals surface area contributed by atoms with Crippen molar-refractivity contribution in [2.75, 3.05) is 19.6 Å². The Labute approximate surface area is 151 Å². The highest BCUT2D eigenvalue weighted by Gasteiger charge is 2.20. The van der Waals surface area contributed by atoms with Crippen molar-refractivity contribution in [2.45, 2.75) is 38.6 Å². The molecule has 2 aromatic rings. The predicted molar refractivity (Wildman–Crippen MR) is 104 cm³/mol. The molecule has 0 atom stereocenters. The first kappa shape index (κ1) is 17.8. The summed E-state index contributed by atoms with van der Waals surface area (Å²) in [6, 6.07) is 19.1. The van der Waals surface area contributed by atoms with E-state index >= 15 is 0 Å². The van der Waals surface area contributed by atoms with Gasteiger partial charge in [-0.3, -0.25) is 0 Å². The minimum atomic E-state index is 0.271. The van der Waals surface area contributed by atoms with Crippen LogP contribution >= 0.6 is 0 Å². The zero-order valence-corrected chi connectivity index (χ0v) is 14.9. The van der Waals surface area contributed by atoms with Gasteiger partial charge in [0.1, 0.15) is 6.54 Å². The van der Waals surface area contributed by atoms with E-state index in [0.717, 1.165) is 37.4 Å². The number of hydrogen-bond donors (Lipinski definition) is 0. The van der Waals surface area contributed by atoms with Gasteiger partial charge in [-0.05, 0) is 48.3 Å². The molecule has 0 heterocycles. The summed E-state index contributed by atoms with van der Waals surface area (Å²) in [6.45, 7) is 3.70. The summed E-state index contributed by atoms with van der Waals surface area (Å²) < 4.78 is 0. The normalized spacial score (nSPS) is 14.4. The minimum absolute atomic E-state index is 0.271. The van der Waals surface area contributed by atoms with E-state index in [4.69, 9.17) is 0 Å². The summed E-state index contributed by atoms with van der Waals surface area (Å²) >= 11 is 0. The number of rotatable bonds is 10. The van der Waals surface area contributed by atoms with Crippen LogP contribution in [-0.4, -0.2) is 24.5 Å². The quantitative estimate of drug-likeness (QED) is 0.582. The van der Waals surface area contributed by atoms with Crippen LogP contribution in [0.5, 0.6) is 0 Å². The van der Waals surface area contributed by atoms with Crippen molar-refractivity contribution >= 4 is 0 Å². The van der Waals surface area contributed by atoms with E-state index in [9.17, 15) is 4.91 Å². The van der Waals surface area contributed by atoms with Crippen LogP contribution in [0.15, 0.2) is 59.8 Å². The maximum absolute atomic E-state index is 10.5. The van der Waals surface area contributed by atoms with E-state index in [1.165, 1.54) is 36.9 Å². The largest absolute Gasteiger partial charge is 0.302 e. The van der Waals surface area contributed by atoms with Gasteiger partial charge in [-0.15, -0.1) is 0 Å². The molecule has 1 aliphatic carbocycles. The van der Waals surface area contributed by atoms with Crippen molar-refractivity contribution in [3.05, 3.63) is 76.2 Å². The SMILES string of the molecule is O=NCc1cccc(CCN(CCc2ccccc2)CC2CCC2)c1. The Hall–Kier alpha value is -2.00. The lowest BCUT2D eigenvalue weighted by molar-refractivity contribution is 0.180. The fraction of sp³-hybridized carbons (Fsp3) is 0.455. The summed E-state index contributed by atoms with van der Waals surface area (Å²) in [5.41, 5.74) is 3.74. The highest BCUT2D eigenvalue weighted by Crippen LogP contribution is 2.27. The molecule has 25 heavy (non-hydrogen) atoms. The van der Waals surface area contributed by atoms with Crippen molar-refractivity contribution in [2.24, 2.45) is 11.1 Å². The van der Waals surface area contributed by atoms with Crippen molar-refractivity contribution in [3.63, 3.8) is 0 Å². The summed E-state index contributed by atoms with van der Waals surface area (Å²) in [6.07, 6.45) is 6.33. The van der Waals surface area contributed by atoms with Crippen LogP contribution in [0.4, 0.5) is 0 Å².